The normalized spacial score (nSPS) is 10.7. The Morgan fingerprint density at radius 3 is 2.42 bits per heavy atom. The van der Waals surface area contributed by atoms with Crippen LogP contribution in [0.4, 0.5) is 0 Å². The summed E-state index contributed by atoms with van der Waals surface area (Å²) in [5, 5.41) is 13.4. The van der Waals surface area contributed by atoms with Gasteiger partial charge in [0.2, 0.25) is 0 Å². The number of halogens is 3. The Labute approximate surface area is 156 Å². The van der Waals surface area contributed by atoms with E-state index in [0.717, 1.165) is 5.56 Å². The van der Waals surface area contributed by atoms with E-state index in [9.17, 15) is 0 Å². The highest BCUT2D eigenvalue weighted by atomic mass is 35.5. The number of ether oxygens (including phenoxy) is 2. The number of hydrogen-bond acceptors (Lipinski definition) is 4. The topological polar surface area (TPSA) is 50.7 Å². The van der Waals surface area contributed by atoms with Crippen molar-refractivity contribution in [1.82, 2.24) is 5.32 Å². The van der Waals surface area contributed by atoms with Gasteiger partial charge in [-0.3, -0.25) is 0 Å². The number of benzene rings is 2. The molecule has 7 heteroatoms. The molecular weight excluding hydrogens is 373 g/mol. The Bertz CT molecular complexity index is 675. The smallest absolute Gasteiger partial charge is 0.180 e. The number of nitrogens with one attached hydrogen (secondary N) is 1. The fourth-order valence-corrected chi connectivity index (χ4v) is 2.94. The number of rotatable bonds is 8. The van der Waals surface area contributed by atoms with Crippen molar-refractivity contribution < 1.29 is 14.6 Å². The number of aliphatic hydroxyl groups is 1. The van der Waals surface area contributed by atoms with Crippen molar-refractivity contribution >= 4 is 34.8 Å². The summed E-state index contributed by atoms with van der Waals surface area (Å²) >= 11 is 18.6. The summed E-state index contributed by atoms with van der Waals surface area (Å²) in [6, 6.07) is 8.90. The van der Waals surface area contributed by atoms with E-state index in [1.165, 1.54) is 0 Å². The van der Waals surface area contributed by atoms with Crippen molar-refractivity contribution in [3.05, 3.63) is 56.5 Å². The van der Waals surface area contributed by atoms with Crippen molar-refractivity contribution in [3.63, 3.8) is 0 Å². The van der Waals surface area contributed by atoms with E-state index in [1.54, 1.807) is 31.4 Å². The summed E-state index contributed by atoms with van der Waals surface area (Å²) in [7, 11) is 1.55. The third-order valence-corrected chi connectivity index (χ3v) is 4.32. The van der Waals surface area contributed by atoms with Gasteiger partial charge in [-0.15, -0.1) is 0 Å². The quantitative estimate of drug-likeness (QED) is 0.659. The molecule has 0 aliphatic carbocycles. The molecule has 0 unspecified atom stereocenters. The van der Waals surface area contributed by atoms with E-state index >= 15 is 0 Å². The second kappa shape index (κ2) is 9.35. The second-order valence-electron chi connectivity index (χ2n) is 5.00. The van der Waals surface area contributed by atoms with E-state index in [2.05, 4.69) is 5.32 Å². The van der Waals surface area contributed by atoms with Crippen LogP contribution in [0, 0.1) is 0 Å². The Kier molecular flexibility index (Phi) is 7.46. The van der Waals surface area contributed by atoms with Crippen LogP contribution >= 0.6 is 34.8 Å². The Balaban J connectivity index is 2.17. The first-order chi connectivity index (χ1) is 11.6. The fourth-order valence-electron chi connectivity index (χ4n) is 2.14. The molecule has 0 heterocycles. The summed E-state index contributed by atoms with van der Waals surface area (Å²) in [5.74, 6) is 0.951. The maximum absolute atomic E-state index is 8.81. The summed E-state index contributed by atoms with van der Waals surface area (Å²) in [4.78, 5) is 0. The molecule has 0 aromatic heterocycles. The van der Waals surface area contributed by atoms with Gasteiger partial charge in [0, 0.05) is 28.7 Å². The minimum absolute atomic E-state index is 0.0741. The molecule has 2 rings (SSSR count). The van der Waals surface area contributed by atoms with Crippen LogP contribution in [0.25, 0.3) is 0 Å². The van der Waals surface area contributed by atoms with Crippen molar-refractivity contribution in [2.24, 2.45) is 0 Å². The van der Waals surface area contributed by atoms with Gasteiger partial charge in [0.1, 0.15) is 6.61 Å². The zero-order chi connectivity index (χ0) is 17.5. The molecule has 0 amide bonds. The van der Waals surface area contributed by atoms with Crippen LogP contribution in [-0.4, -0.2) is 25.4 Å². The van der Waals surface area contributed by atoms with Crippen LogP contribution in [0.5, 0.6) is 11.5 Å². The summed E-state index contributed by atoms with van der Waals surface area (Å²) in [6.07, 6.45) is 0. The van der Waals surface area contributed by atoms with Gasteiger partial charge in [-0.05, 0) is 29.8 Å². The molecule has 0 aliphatic heterocycles. The molecule has 2 N–H and O–H groups in total. The number of methoxy groups -OCH3 is 1. The summed E-state index contributed by atoms with van der Waals surface area (Å²) < 4.78 is 11.2. The van der Waals surface area contributed by atoms with Gasteiger partial charge in [0.05, 0.1) is 18.7 Å². The van der Waals surface area contributed by atoms with Crippen molar-refractivity contribution in [2.45, 2.75) is 13.2 Å². The number of aliphatic hydroxyl groups excluding tert-OH is 1. The lowest BCUT2D eigenvalue weighted by atomic mass is 10.2. The molecule has 0 bridgehead atoms. The molecule has 2 aromatic carbocycles. The Morgan fingerprint density at radius 1 is 1.08 bits per heavy atom. The van der Waals surface area contributed by atoms with Crippen molar-refractivity contribution in [3.8, 4) is 11.5 Å². The zero-order valence-corrected chi connectivity index (χ0v) is 15.4. The van der Waals surface area contributed by atoms with Gasteiger partial charge in [-0.25, -0.2) is 0 Å². The van der Waals surface area contributed by atoms with E-state index in [4.69, 9.17) is 49.4 Å². The van der Waals surface area contributed by atoms with Crippen LogP contribution in [-0.2, 0) is 13.2 Å². The Morgan fingerprint density at radius 2 is 1.79 bits per heavy atom. The van der Waals surface area contributed by atoms with Crippen molar-refractivity contribution in [2.75, 3.05) is 20.3 Å². The molecule has 0 saturated carbocycles. The predicted octanol–water partition coefficient (Wildman–Crippen LogP) is 4.32. The lowest BCUT2D eigenvalue weighted by molar-refractivity contribution is 0.284. The first-order valence-corrected chi connectivity index (χ1v) is 8.44. The highest BCUT2D eigenvalue weighted by molar-refractivity contribution is 6.36. The van der Waals surface area contributed by atoms with E-state index in [0.29, 0.717) is 45.2 Å². The van der Waals surface area contributed by atoms with E-state index < -0.39 is 0 Å². The lowest BCUT2D eigenvalue weighted by Crippen LogP contribution is -2.17. The van der Waals surface area contributed by atoms with Crippen LogP contribution in [0.3, 0.4) is 0 Å². The van der Waals surface area contributed by atoms with Gasteiger partial charge in [0.25, 0.3) is 0 Å². The largest absolute Gasteiger partial charge is 0.493 e. The average Bonchev–Trinajstić information content (AvgIpc) is 2.55. The molecule has 130 valence electrons. The second-order valence-corrected chi connectivity index (χ2v) is 6.22. The molecule has 2 aromatic rings. The maximum Gasteiger partial charge on any atom is 0.180 e. The molecule has 4 nitrogen and oxygen atoms in total. The Hall–Kier alpha value is -1.17. The molecular formula is C17H18Cl3NO3. The summed E-state index contributed by atoms with van der Waals surface area (Å²) in [6.45, 7) is 1.32. The van der Waals surface area contributed by atoms with Crippen molar-refractivity contribution in [1.29, 1.82) is 0 Å². The molecule has 0 radical (unpaired) electrons. The van der Waals surface area contributed by atoms with Gasteiger partial charge in [-0.2, -0.15) is 0 Å². The van der Waals surface area contributed by atoms with Crippen LogP contribution in [0.1, 0.15) is 11.1 Å². The van der Waals surface area contributed by atoms with Gasteiger partial charge in [0.15, 0.2) is 11.5 Å². The van der Waals surface area contributed by atoms with E-state index in [1.807, 2.05) is 6.07 Å². The maximum atomic E-state index is 8.81. The lowest BCUT2D eigenvalue weighted by Gasteiger charge is -2.15. The SMILES string of the molecule is COc1cc(CNCCO)cc(Cl)c1OCc1c(Cl)cccc1Cl. The first-order valence-electron chi connectivity index (χ1n) is 7.30. The molecule has 0 saturated heterocycles. The standard InChI is InChI=1S/C17H18Cl3NO3/c1-23-16-8-11(9-21-5-6-22)7-15(20)17(16)24-10-12-13(18)3-2-4-14(12)19/h2-4,7-8,21-22H,5-6,9-10H2,1H3. The fraction of sp³-hybridized carbons (Fsp3) is 0.294. The average molecular weight is 391 g/mol. The highest BCUT2D eigenvalue weighted by Crippen LogP contribution is 2.37. The minimum Gasteiger partial charge on any atom is -0.493 e. The van der Waals surface area contributed by atoms with E-state index in [-0.39, 0.29) is 13.2 Å². The van der Waals surface area contributed by atoms with Gasteiger partial charge in [-0.1, -0.05) is 40.9 Å². The minimum atomic E-state index is 0.0741. The highest BCUT2D eigenvalue weighted by Gasteiger charge is 2.14. The van der Waals surface area contributed by atoms with Crippen LogP contribution < -0.4 is 14.8 Å². The first kappa shape index (κ1) is 19.2. The molecule has 0 aliphatic rings. The van der Waals surface area contributed by atoms with Gasteiger partial charge >= 0.3 is 0 Å². The predicted molar refractivity (Wildman–Crippen MR) is 97.6 cm³/mol. The van der Waals surface area contributed by atoms with Crippen LogP contribution in [0.15, 0.2) is 30.3 Å². The van der Waals surface area contributed by atoms with Gasteiger partial charge < -0.3 is 19.9 Å². The summed E-state index contributed by atoms with van der Waals surface area (Å²) in [5.41, 5.74) is 1.61. The third kappa shape index (κ3) is 4.91. The third-order valence-electron chi connectivity index (χ3n) is 3.33. The molecule has 0 fully saturated rings. The molecule has 0 spiro atoms. The molecule has 24 heavy (non-hydrogen) atoms. The molecule has 0 atom stereocenters. The monoisotopic (exact) mass is 389 g/mol. The van der Waals surface area contributed by atoms with Crippen LogP contribution in [0.2, 0.25) is 15.1 Å². The zero-order valence-electron chi connectivity index (χ0n) is 13.1. The number of hydrogen-bond donors (Lipinski definition) is 2.